The summed E-state index contributed by atoms with van der Waals surface area (Å²) in [6.07, 6.45) is 0. The predicted molar refractivity (Wildman–Crippen MR) is 115 cm³/mol. The minimum absolute atomic E-state index is 0.186. The van der Waals surface area contributed by atoms with E-state index < -0.39 is 0 Å². The van der Waals surface area contributed by atoms with E-state index in [1.165, 1.54) is 0 Å². The number of para-hydroxylation sites is 2. The number of halogens is 1. The van der Waals surface area contributed by atoms with Crippen LogP contribution in [-0.2, 0) is 0 Å². The molecule has 152 valence electrons. The molecule has 8 heteroatoms. The van der Waals surface area contributed by atoms with Crippen molar-refractivity contribution in [1.29, 1.82) is 0 Å². The summed E-state index contributed by atoms with van der Waals surface area (Å²) in [5.74, 6) is 2.97. The van der Waals surface area contributed by atoms with E-state index in [0.29, 0.717) is 17.0 Å². The van der Waals surface area contributed by atoms with Crippen LogP contribution in [0, 0.1) is 0 Å². The lowest BCUT2D eigenvalue weighted by Gasteiger charge is -2.37. The number of methoxy groups -OCH3 is 3. The SMILES string of the molecule is COc1ccccc1N1CCN(c2nc(Cl)nc3c(OC)ccc(OC)c23)CC1. The highest BCUT2D eigenvalue weighted by Crippen LogP contribution is 2.39. The van der Waals surface area contributed by atoms with Crippen LogP contribution in [0.2, 0.25) is 5.28 Å². The maximum atomic E-state index is 6.26. The summed E-state index contributed by atoms with van der Waals surface area (Å²) < 4.78 is 16.6. The standard InChI is InChI=1S/C21H23ClN4O3/c1-27-15-7-5-4-6-14(15)25-10-12-26(13-11-25)20-18-16(28-2)8-9-17(29-3)19(18)23-21(22)24-20/h4-9H,10-13H2,1-3H3. The molecule has 1 aromatic heterocycles. The van der Waals surface area contributed by atoms with E-state index in [0.717, 1.165) is 48.8 Å². The molecule has 7 nitrogen and oxygen atoms in total. The van der Waals surface area contributed by atoms with Crippen molar-refractivity contribution in [3.05, 3.63) is 41.7 Å². The van der Waals surface area contributed by atoms with Crippen molar-refractivity contribution in [2.24, 2.45) is 0 Å². The van der Waals surface area contributed by atoms with Gasteiger partial charge in [0, 0.05) is 26.2 Å². The molecule has 4 rings (SSSR count). The minimum atomic E-state index is 0.186. The molecule has 1 aliphatic heterocycles. The Morgan fingerprint density at radius 2 is 1.38 bits per heavy atom. The van der Waals surface area contributed by atoms with Gasteiger partial charge in [0.05, 0.1) is 32.4 Å². The molecule has 0 spiro atoms. The van der Waals surface area contributed by atoms with Crippen LogP contribution in [0.25, 0.3) is 10.9 Å². The second-order valence-corrected chi connectivity index (χ2v) is 6.99. The van der Waals surface area contributed by atoms with Crippen molar-refractivity contribution in [3.63, 3.8) is 0 Å². The quantitative estimate of drug-likeness (QED) is 0.591. The molecule has 0 bridgehead atoms. The predicted octanol–water partition coefficient (Wildman–Crippen LogP) is 3.64. The molecular weight excluding hydrogens is 392 g/mol. The van der Waals surface area contributed by atoms with E-state index in [1.807, 2.05) is 30.3 Å². The van der Waals surface area contributed by atoms with Crippen LogP contribution in [0.3, 0.4) is 0 Å². The Labute approximate surface area is 174 Å². The molecule has 0 radical (unpaired) electrons. The smallest absolute Gasteiger partial charge is 0.225 e. The van der Waals surface area contributed by atoms with Gasteiger partial charge < -0.3 is 24.0 Å². The molecule has 0 unspecified atom stereocenters. The van der Waals surface area contributed by atoms with E-state index in [9.17, 15) is 0 Å². The van der Waals surface area contributed by atoms with Crippen LogP contribution in [0.5, 0.6) is 17.2 Å². The topological polar surface area (TPSA) is 60.0 Å². The second-order valence-electron chi connectivity index (χ2n) is 6.66. The maximum Gasteiger partial charge on any atom is 0.225 e. The molecule has 0 saturated carbocycles. The van der Waals surface area contributed by atoms with Crippen LogP contribution < -0.4 is 24.0 Å². The third-order valence-electron chi connectivity index (χ3n) is 5.17. The van der Waals surface area contributed by atoms with Crippen LogP contribution in [-0.4, -0.2) is 57.5 Å². The van der Waals surface area contributed by atoms with Crippen molar-refractivity contribution in [2.75, 3.05) is 57.3 Å². The highest BCUT2D eigenvalue weighted by Gasteiger charge is 2.25. The van der Waals surface area contributed by atoms with E-state index in [4.69, 9.17) is 25.8 Å². The molecule has 0 aliphatic carbocycles. The number of nitrogens with zero attached hydrogens (tertiary/aromatic N) is 4. The van der Waals surface area contributed by atoms with Gasteiger partial charge in [-0.05, 0) is 35.9 Å². The maximum absolute atomic E-state index is 6.26. The van der Waals surface area contributed by atoms with Crippen molar-refractivity contribution in [1.82, 2.24) is 9.97 Å². The van der Waals surface area contributed by atoms with E-state index in [1.54, 1.807) is 21.3 Å². The largest absolute Gasteiger partial charge is 0.496 e. The average molecular weight is 415 g/mol. The van der Waals surface area contributed by atoms with Gasteiger partial charge in [-0.25, -0.2) is 4.98 Å². The first-order chi connectivity index (χ1) is 14.2. The van der Waals surface area contributed by atoms with Crippen molar-refractivity contribution in [3.8, 4) is 17.2 Å². The summed E-state index contributed by atoms with van der Waals surface area (Å²) in [7, 11) is 4.95. The molecule has 2 aromatic carbocycles. The van der Waals surface area contributed by atoms with Gasteiger partial charge in [-0.15, -0.1) is 0 Å². The number of aromatic nitrogens is 2. The van der Waals surface area contributed by atoms with Crippen molar-refractivity contribution >= 4 is 34.0 Å². The first kappa shape index (κ1) is 19.4. The van der Waals surface area contributed by atoms with Crippen LogP contribution in [0.4, 0.5) is 11.5 Å². The molecule has 0 amide bonds. The first-order valence-electron chi connectivity index (χ1n) is 9.37. The van der Waals surface area contributed by atoms with Gasteiger partial charge in [0.1, 0.15) is 28.6 Å². The van der Waals surface area contributed by atoms with Crippen molar-refractivity contribution < 1.29 is 14.2 Å². The Balaban J connectivity index is 1.68. The van der Waals surface area contributed by atoms with Gasteiger partial charge in [-0.3, -0.25) is 0 Å². The van der Waals surface area contributed by atoms with Crippen LogP contribution >= 0.6 is 11.6 Å². The fourth-order valence-corrected chi connectivity index (χ4v) is 3.92. The van der Waals surface area contributed by atoms with E-state index in [2.05, 4.69) is 25.8 Å². The van der Waals surface area contributed by atoms with E-state index in [-0.39, 0.29) is 5.28 Å². The summed E-state index contributed by atoms with van der Waals surface area (Å²) in [5.41, 5.74) is 1.74. The number of hydrogen-bond donors (Lipinski definition) is 0. The van der Waals surface area contributed by atoms with Gasteiger partial charge >= 0.3 is 0 Å². The zero-order chi connectivity index (χ0) is 20.4. The van der Waals surface area contributed by atoms with Gasteiger partial charge in [0.15, 0.2) is 0 Å². The monoisotopic (exact) mass is 414 g/mol. The zero-order valence-corrected chi connectivity index (χ0v) is 17.4. The van der Waals surface area contributed by atoms with Crippen LogP contribution in [0.15, 0.2) is 36.4 Å². The second kappa shape index (κ2) is 8.21. The zero-order valence-electron chi connectivity index (χ0n) is 16.7. The molecule has 1 fully saturated rings. The summed E-state index contributed by atoms with van der Waals surface area (Å²) in [6, 6.07) is 11.8. The molecular formula is C21H23ClN4O3. The third kappa shape index (κ3) is 3.58. The first-order valence-corrected chi connectivity index (χ1v) is 9.75. The fourth-order valence-electron chi connectivity index (χ4n) is 3.76. The summed E-state index contributed by atoms with van der Waals surface area (Å²) in [4.78, 5) is 13.5. The average Bonchev–Trinajstić information content (AvgIpc) is 2.77. The fraction of sp³-hybridized carbons (Fsp3) is 0.333. The Morgan fingerprint density at radius 1 is 0.759 bits per heavy atom. The molecule has 0 N–H and O–H groups in total. The molecule has 0 atom stereocenters. The number of rotatable bonds is 5. The summed E-state index contributed by atoms with van der Waals surface area (Å²) in [6.45, 7) is 3.22. The summed E-state index contributed by atoms with van der Waals surface area (Å²) in [5, 5.41) is 0.994. The molecule has 2 heterocycles. The normalized spacial score (nSPS) is 14.2. The van der Waals surface area contributed by atoms with Gasteiger partial charge in [0.2, 0.25) is 5.28 Å². The highest BCUT2D eigenvalue weighted by molar-refractivity contribution is 6.29. The number of ether oxygens (including phenoxy) is 3. The molecule has 1 aliphatic rings. The summed E-state index contributed by atoms with van der Waals surface area (Å²) >= 11 is 6.26. The lowest BCUT2D eigenvalue weighted by atomic mass is 10.1. The Morgan fingerprint density at radius 3 is 2.07 bits per heavy atom. The van der Waals surface area contributed by atoms with Gasteiger partial charge in [0.25, 0.3) is 0 Å². The number of fused-ring (bicyclic) bond motifs is 1. The number of piperazine rings is 1. The molecule has 29 heavy (non-hydrogen) atoms. The van der Waals surface area contributed by atoms with Gasteiger partial charge in [-0.1, -0.05) is 12.1 Å². The lowest BCUT2D eigenvalue weighted by molar-refractivity contribution is 0.409. The Hall–Kier alpha value is -2.93. The minimum Gasteiger partial charge on any atom is -0.496 e. The van der Waals surface area contributed by atoms with E-state index >= 15 is 0 Å². The lowest BCUT2D eigenvalue weighted by Crippen LogP contribution is -2.47. The van der Waals surface area contributed by atoms with Crippen molar-refractivity contribution in [2.45, 2.75) is 0 Å². The number of anilines is 2. The molecule has 3 aromatic rings. The Bertz CT molecular complexity index is 1020. The number of hydrogen-bond acceptors (Lipinski definition) is 7. The Kier molecular flexibility index (Phi) is 5.49. The van der Waals surface area contributed by atoms with Gasteiger partial charge in [-0.2, -0.15) is 4.98 Å². The molecule has 1 saturated heterocycles. The van der Waals surface area contributed by atoms with Crippen LogP contribution in [0.1, 0.15) is 0 Å². The highest BCUT2D eigenvalue weighted by atomic mass is 35.5. The number of benzene rings is 2. The third-order valence-corrected chi connectivity index (χ3v) is 5.34.